The van der Waals surface area contributed by atoms with E-state index in [1.54, 1.807) is 18.3 Å². The van der Waals surface area contributed by atoms with E-state index >= 15 is 0 Å². The van der Waals surface area contributed by atoms with Crippen LogP contribution < -0.4 is 16.4 Å². The SMILES string of the molecule is CCC(=O)N1CCC[C@@H](Nc2ncc3nc(Nc4c(Cl)cc(C#N)cc4Cl)n(C4CCC(C(N)=O)CC4)c3n2)C1. The zero-order valence-electron chi connectivity index (χ0n) is 22.2. The maximum Gasteiger partial charge on any atom is 0.225 e. The van der Waals surface area contributed by atoms with Crippen molar-refractivity contribution in [1.29, 1.82) is 5.26 Å². The zero-order valence-corrected chi connectivity index (χ0v) is 23.7. The molecule has 3 aromatic rings. The van der Waals surface area contributed by atoms with Crippen molar-refractivity contribution in [3.8, 4) is 6.07 Å². The van der Waals surface area contributed by atoms with Gasteiger partial charge in [0.1, 0.15) is 5.52 Å². The maximum absolute atomic E-state index is 12.2. The Hall–Kier alpha value is -3.62. The molecule has 1 aromatic carbocycles. The Labute approximate surface area is 242 Å². The Kier molecular flexibility index (Phi) is 8.28. The number of anilines is 3. The molecule has 1 atom stereocenters. The van der Waals surface area contributed by atoms with Gasteiger partial charge in [0.15, 0.2) is 5.65 Å². The molecule has 210 valence electrons. The van der Waals surface area contributed by atoms with Crippen molar-refractivity contribution in [1.82, 2.24) is 24.4 Å². The normalized spacial score (nSPS) is 21.1. The summed E-state index contributed by atoms with van der Waals surface area (Å²) in [4.78, 5) is 40.1. The molecule has 2 aliphatic rings. The third-order valence-corrected chi connectivity index (χ3v) is 8.31. The van der Waals surface area contributed by atoms with Crippen LogP contribution in [0, 0.1) is 17.2 Å². The number of fused-ring (bicyclic) bond motifs is 1. The number of amides is 2. The Morgan fingerprint density at radius 2 is 1.88 bits per heavy atom. The maximum atomic E-state index is 12.2. The second-order valence-corrected chi connectivity index (χ2v) is 11.2. The van der Waals surface area contributed by atoms with Gasteiger partial charge in [-0.25, -0.2) is 9.97 Å². The van der Waals surface area contributed by atoms with Crippen molar-refractivity contribution in [3.63, 3.8) is 0 Å². The average Bonchev–Trinajstić information content (AvgIpc) is 3.31. The number of hydrogen-bond donors (Lipinski definition) is 3. The number of imidazole rings is 1. The fraction of sp³-hybridized carbons (Fsp3) is 0.481. The first kappa shape index (κ1) is 27.9. The van der Waals surface area contributed by atoms with Crippen LogP contribution in [0.15, 0.2) is 18.3 Å². The standard InChI is InChI=1S/C27H31Cl2N9O2/c1-2-22(39)37-9-3-4-17(14-37)33-26-32-13-21-25(36-26)38(18-7-5-16(6-8-18)24(31)40)27(34-21)35-23-19(28)10-15(12-30)11-20(23)29/h10-11,13,16-18H,2-9,14H2,1H3,(H2,31,40)(H,34,35)(H,32,33,36)/t16?,17-,18?/m1/s1. The van der Waals surface area contributed by atoms with Crippen LogP contribution in [0.25, 0.3) is 11.2 Å². The number of nitrogens with one attached hydrogen (secondary N) is 2. The van der Waals surface area contributed by atoms with E-state index in [1.807, 2.05) is 22.5 Å². The highest BCUT2D eigenvalue weighted by molar-refractivity contribution is 6.39. The Balaban J connectivity index is 1.49. The minimum atomic E-state index is -0.277. The molecule has 1 saturated carbocycles. The van der Waals surface area contributed by atoms with E-state index in [1.165, 1.54) is 0 Å². The summed E-state index contributed by atoms with van der Waals surface area (Å²) in [6.07, 6.45) is 6.73. The summed E-state index contributed by atoms with van der Waals surface area (Å²) < 4.78 is 2.01. The smallest absolute Gasteiger partial charge is 0.225 e. The largest absolute Gasteiger partial charge is 0.369 e. The molecule has 13 heteroatoms. The summed E-state index contributed by atoms with van der Waals surface area (Å²) in [5, 5.41) is 16.5. The minimum absolute atomic E-state index is 0.00543. The lowest BCUT2D eigenvalue weighted by atomic mass is 9.85. The van der Waals surface area contributed by atoms with Gasteiger partial charge in [-0.15, -0.1) is 0 Å². The third-order valence-electron chi connectivity index (χ3n) is 7.71. The molecule has 4 N–H and O–H groups in total. The van der Waals surface area contributed by atoms with Crippen molar-refractivity contribution in [2.75, 3.05) is 23.7 Å². The molecule has 2 amide bonds. The first-order valence-electron chi connectivity index (χ1n) is 13.5. The molecule has 0 unspecified atom stereocenters. The minimum Gasteiger partial charge on any atom is -0.369 e. The number of rotatable bonds is 7. The number of nitriles is 1. The third kappa shape index (κ3) is 5.78. The molecular formula is C27H31Cl2N9O2. The quantitative estimate of drug-likeness (QED) is 0.359. The van der Waals surface area contributed by atoms with Gasteiger partial charge in [-0.3, -0.25) is 14.2 Å². The highest BCUT2D eigenvalue weighted by Crippen LogP contribution is 2.39. The van der Waals surface area contributed by atoms with Gasteiger partial charge in [0.2, 0.25) is 23.7 Å². The van der Waals surface area contributed by atoms with Gasteiger partial charge >= 0.3 is 0 Å². The monoisotopic (exact) mass is 583 g/mol. The molecular weight excluding hydrogens is 553 g/mol. The Morgan fingerprint density at radius 1 is 1.15 bits per heavy atom. The second kappa shape index (κ2) is 11.9. The predicted molar refractivity (Wildman–Crippen MR) is 153 cm³/mol. The lowest BCUT2D eigenvalue weighted by Crippen LogP contribution is -2.45. The molecule has 2 aromatic heterocycles. The molecule has 11 nitrogen and oxygen atoms in total. The van der Waals surface area contributed by atoms with Crippen LogP contribution in [0.3, 0.4) is 0 Å². The van der Waals surface area contributed by atoms with Gasteiger partial charge in [0, 0.05) is 37.5 Å². The fourth-order valence-corrected chi connectivity index (χ4v) is 6.19. The van der Waals surface area contributed by atoms with Crippen LogP contribution in [0.5, 0.6) is 0 Å². The van der Waals surface area contributed by atoms with Crippen molar-refractivity contribution < 1.29 is 9.59 Å². The van der Waals surface area contributed by atoms with Crippen LogP contribution in [-0.2, 0) is 9.59 Å². The summed E-state index contributed by atoms with van der Waals surface area (Å²) >= 11 is 13.0. The van der Waals surface area contributed by atoms with E-state index in [9.17, 15) is 14.9 Å². The highest BCUT2D eigenvalue weighted by Gasteiger charge is 2.30. The van der Waals surface area contributed by atoms with E-state index in [2.05, 4.69) is 15.6 Å². The lowest BCUT2D eigenvalue weighted by Gasteiger charge is -2.33. The zero-order chi connectivity index (χ0) is 28.4. The number of carbonyl (C=O) groups is 2. The van der Waals surface area contributed by atoms with Gasteiger partial charge in [-0.2, -0.15) is 10.2 Å². The number of hydrogen-bond acceptors (Lipinski definition) is 8. The number of nitrogens with zero attached hydrogens (tertiary/aromatic N) is 6. The first-order chi connectivity index (χ1) is 19.3. The summed E-state index contributed by atoms with van der Waals surface area (Å²) in [6, 6.07) is 5.16. The number of carbonyl (C=O) groups excluding carboxylic acids is 2. The van der Waals surface area contributed by atoms with Gasteiger partial charge < -0.3 is 21.3 Å². The number of primary amides is 1. The van der Waals surface area contributed by atoms with E-state index in [0.717, 1.165) is 19.4 Å². The van der Waals surface area contributed by atoms with E-state index in [0.29, 0.717) is 73.0 Å². The van der Waals surface area contributed by atoms with Gasteiger partial charge in [-0.1, -0.05) is 30.1 Å². The van der Waals surface area contributed by atoms with E-state index < -0.39 is 0 Å². The Bertz CT molecular complexity index is 1450. The molecule has 40 heavy (non-hydrogen) atoms. The van der Waals surface area contributed by atoms with E-state index in [-0.39, 0.29) is 39.9 Å². The number of piperidine rings is 1. The molecule has 0 radical (unpaired) electrons. The summed E-state index contributed by atoms with van der Waals surface area (Å²) in [7, 11) is 0. The second-order valence-electron chi connectivity index (χ2n) is 10.3. The predicted octanol–water partition coefficient (Wildman–Crippen LogP) is 4.78. The molecule has 2 fully saturated rings. The topological polar surface area (TPSA) is 155 Å². The molecule has 1 aliphatic heterocycles. The van der Waals surface area contributed by atoms with Crippen LogP contribution in [-0.4, -0.2) is 55.4 Å². The molecule has 0 bridgehead atoms. The van der Waals surface area contributed by atoms with E-state index in [4.69, 9.17) is 38.9 Å². The number of benzene rings is 1. The Morgan fingerprint density at radius 3 is 2.52 bits per heavy atom. The number of halogens is 2. The first-order valence-corrected chi connectivity index (χ1v) is 14.3. The van der Waals surface area contributed by atoms with Gasteiger partial charge in [0.25, 0.3) is 0 Å². The van der Waals surface area contributed by atoms with Gasteiger partial charge in [0.05, 0.1) is 33.6 Å². The summed E-state index contributed by atoms with van der Waals surface area (Å²) in [5.74, 6) is 0.645. The molecule has 0 spiro atoms. The van der Waals surface area contributed by atoms with Gasteiger partial charge in [-0.05, 0) is 50.7 Å². The van der Waals surface area contributed by atoms with Crippen molar-refractivity contribution >= 4 is 63.8 Å². The molecule has 1 saturated heterocycles. The number of likely N-dealkylation sites (tertiary alicyclic amines) is 1. The van der Waals surface area contributed by atoms with Crippen molar-refractivity contribution in [2.45, 2.75) is 64.0 Å². The number of nitrogens with two attached hydrogens (primary N) is 1. The average molecular weight is 585 g/mol. The summed E-state index contributed by atoms with van der Waals surface area (Å²) in [6.45, 7) is 3.24. The highest BCUT2D eigenvalue weighted by atomic mass is 35.5. The van der Waals surface area contributed by atoms with Crippen LogP contribution >= 0.6 is 23.2 Å². The van der Waals surface area contributed by atoms with Crippen LogP contribution in [0.2, 0.25) is 10.0 Å². The molecule has 1 aliphatic carbocycles. The summed E-state index contributed by atoms with van der Waals surface area (Å²) in [5.41, 5.74) is 7.57. The van der Waals surface area contributed by atoms with Crippen molar-refractivity contribution in [3.05, 3.63) is 33.9 Å². The lowest BCUT2D eigenvalue weighted by molar-refractivity contribution is -0.131. The van der Waals surface area contributed by atoms with Crippen LogP contribution in [0.4, 0.5) is 17.6 Å². The molecule has 5 rings (SSSR count). The fourth-order valence-electron chi connectivity index (χ4n) is 5.61. The number of aromatic nitrogens is 4. The van der Waals surface area contributed by atoms with Crippen LogP contribution in [0.1, 0.15) is 63.5 Å². The van der Waals surface area contributed by atoms with Crippen molar-refractivity contribution in [2.24, 2.45) is 11.7 Å². The molecule has 3 heterocycles.